The number of imidazole rings is 1. The maximum atomic E-state index is 12.1. The molecule has 6 nitrogen and oxygen atoms in total. The molecule has 21 heavy (non-hydrogen) atoms. The van der Waals surface area contributed by atoms with Crippen LogP contribution in [0.2, 0.25) is 0 Å². The lowest BCUT2D eigenvalue weighted by Gasteiger charge is -2.11. The van der Waals surface area contributed by atoms with Crippen molar-refractivity contribution in [2.45, 2.75) is 45.7 Å². The van der Waals surface area contributed by atoms with E-state index in [9.17, 15) is 4.79 Å². The minimum absolute atomic E-state index is 0.0694. The zero-order valence-electron chi connectivity index (χ0n) is 12.5. The number of aryl methyl sites for hydroxylation is 2. The van der Waals surface area contributed by atoms with Crippen LogP contribution in [0.5, 0.6) is 0 Å². The maximum Gasteiger partial charge on any atom is 0.269 e. The van der Waals surface area contributed by atoms with Crippen molar-refractivity contribution < 1.29 is 4.79 Å². The molecule has 0 aliphatic heterocycles. The molecule has 1 fully saturated rings. The number of hydrogen-bond donors (Lipinski definition) is 1. The average Bonchev–Trinajstić information content (AvgIpc) is 3.09. The van der Waals surface area contributed by atoms with E-state index in [4.69, 9.17) is 0 Å². The van der Waals surface area contributed by atoms with Crippen molar-refractivity contribution in [3.05, 3.63) is 35.7 Å². The fourth-order valence-electron chi connectivity index (χ4n) is 2.59. The van der Waals surface area contributed by atoms with Gasteiger partial charge in [-0.3, -0.25) is 9.48 Å². The SMILES string of the molecule is CCn1nccc1C(=O)NCCn1c(C)cnc1C1CC1. The summed E-state index contributed by atoms with van der Waals surface area (Å²) < 4.78 is 3.92. The van der Waals surface area contributed by atoms with Crippen LogP contribution in [-0.2, 0) is 13.1 Å². The van der Waals surface area contributed by atoms with Crippen LogP contribution < -0.4 is 5.32 Å². The molecule has 2 heterocycles. The molecule has 1 aliphatic rings. The van der Waals surface area contributed by atoms with Crippen LogP contribution in [-0.4, -0.2) is 31.8 Å². The minimum atomic E-state index is -0.0694. The molecule has 0 saturated heterocycles. The lowest BCUT2D eigenvalue weighted by Crippen LogP contribution is -2.29. The first-order chi connectivity index (χ1) is 10.2. The smallest absolute Gasteiger partial charge is 0.269 e. The summed E-state index contributed by atoms with van der Waals surface area (Å²) in [4.78, 5) is 16.6. The van der Waals surface area contributed by atoms with Gasteiger partial charge in [-0.1, -0.05) is 0 Å². The first-order valence-electron chi connectivity index (χ1n) is 7.52. The normalized spacial score (nSPS) is 14.4. The number of amides is 1. The van der Waals surface area contributed by atoms with Crippen molar-refractivity contribution >= 4 is 5.91 Å². The third kappa shape index (κ3) is 2.84. The molecular formula is C15H21N5O. The molecule has 3 rings (SSSR count). The van der Waals surface area contributed by atoms with Crippen LogP contribution in [0, 0.1) is 6.92 Å². The van der Waals surface area contributed by atoms with E-state index in [0.29, 0.717) is 24.7 Å². The van der Waals surface area contributed by atoms with Gasteiger partial charge >= 0.3 is 0 Å². The lowest BCUT2D eigenvalue weighted by atomic mass is 10.3. The zero-order valence-corrected chi connectivity index (χ0v) is 12.5. The van der Waals surface area contributed by atoms with Crippen molar-refractivity contribution in [3.63, 3.8) is 0 Å². The summed E-state index contributed by atoms with van der Waals surface area (Å²) in [6.45, 7) is 6.10. The van der Waals surface area contributed by atoms with Gasteiger partial charge in [0.15, 0.2) is 0 Å². The molecule has 2 aromatic rings. The Morgan fingerprint density at radius 3 is 3.00 bits per heavy atom. The Kier molecular flexibility index (Phi) is 3.77. The molecule has 0 spiro atoms. The summed E-state index contributed by atoms with van der Waals surface area (Å²) in [6, 6.07) is 1.75. The Hall–Kier alpha value is -2.11. The summed E-state index contributed by atoms with van der Waals surface area (Å²) in [5.41, 5.74) is 1.77. The minimum Gasteiger partial charge on any atom is -0.349 e. The fraction of sp³-hybridized carbons (Fsp3) is 0.533. The number of nitrogens with one attached hydrogen (secondary N) is 1. The van der Waals surface area contributed by atoms with Gasteiger partial charge in [0.25, 0.3) is 5.91 Å². The molecule has 0 bridgehead atoms. The number of carbonyl (C=O) groups excluding carboxylic acids is 1. The first-order valence-corrected chi connectivity index (χ1v) is 7.52. The Bertz CT molecular complexity index is 638. The van der Waals surface area contributed by atoms with E-state index in [1.165, 1.54) is 18.7 Å². The van der Waals surface area contributed by atoms with Gasteiger partial charge in [-0.15, -0.1) is 0 Å². The van der Waals surface area contributed by atoms with E-state index in [1.54, 1.807) is 16.9 Å². The summed E-state index contributed by atoms with van der Waals surface area (Å²) in [5, 5.41) is 7.08. The largest absolute Gasteiger partial charge is 0.349 e. The molecule has 6 heteroatoms. The van der Waals surface area contributed by atoms with E-state index in [-0.39, 0.29) is 5.91 Å². The van der Waals surface area contributed by atoms with E-state index < -0.39 is 0 Å². The molecule has 0 radical (unpaired) electrons. The summed E-state index contributed by atoms with van der Waals surface area (Å²) in [7, 11) is 0. The number of carbonyl (C=O) groups is 1. The zero-order chi connectivity index (χ0) is 14.8. The van der Waals surface area contributed by atoms with Gasteiger partial charge in [-0.2, -0.15) is 5.10 Å². The van der Waals surface area contributed by atoms with Crippen molar-refractivity contribution in [1.29, 1.82) is 0 Å². The quantitative estimate of drug-likeness (QED) is 0.879. The predicted molar refractivity (Wildman–Crippen MR) is 79.2 cm³/mol. The molecular weight excluding hydrogens is 266 g/mol. The maximum absolute atomic E-state index is 12.1. The van der Waals surface area contributed by atoms with Crippen LogP contribution in [0.25, 0.3) is 0 Å². The molecule has 1 N–H and O–H groups in total. The first kappa shape index (κ1) is 13.9. The van der Waals surface area contributed by atoms with Gasteiger partial charge in [-0.25, -0.2) is 4.98 Å². The van der Waals surface area contributed by atoms with E-state index in [2.05, 4.69) is 26.9 Å². The third-order valence-electron chi connectivity index (χ3n) is 3.90. The number of rotatable bonds is 6. The second kappa shape index (κ2) is 5.71. The molecule has 112 valence electrons. The van der Waals surface area contributed by atoms with Gasteiger partial charge < -0.3 is 9.88 Å². The predicted octanol–water partition coefficient (Wildman–Crippen LogP) is 1.72. The second-order valence-corrected chi connectivity index (χ2v) is 5.47. The Labute approximate surface area is 124 Å². The standard InChI is InChI=1S/C15H21N5O/c1-3-20-13(6-7-18-20)15(21)16-8-9-19-11(2)10-17-14(19)12-4-5-12/h6-7,10,12H,3-5,8-9H2,1-2H3,(H,16,21). The van der Waals surface area contributed by atoms with Crippen LogP contribution in [0.4, 0.5) is 0 Å². The molecule has 2 aromatic heterocycles. The van der Waals surface area contributed by atoms with Crippen LogP contribution >= 0.6 is 0 Å². The second-order valence-electron chi connectivity index (χ2n) is 5.47. The molecule has 1 saturated carbocycles. The van der Waals surface area contributed by atoms with Gasteiger partial charge in [0.1, 0.15) is 11.5 Å². The van der Waals surface area contributed by atoms with Crippen molar-refractivity contribution in [2.24, 2.45) is 0 Å². The van der Waals surface area contributed by atoms with Gasteiger partial charge in [0.2, 0.25) is 0 Å². The van der Waals surface area contributed by atoms with Gasteiger partial charge in [0, 0.05) is 43.6 Å². The van der Waals surface area contributed by atoms with Gasteiger partial charge in [0.05, 0.1) is 0 Å². The van der Waals surface area contributed by atoms with E-state index >= 15 is 0 Å². The molecule has 0 aromatic carbocycles. The Morgan fingerprint density at radius 2 is 2.29 bits per heavy atom. The summed E-state index contributed by atoms with van der Waals surface area (Å²) in [5.74, 6) is 1.72. The Balaban J connectivity index is 1.59. The lowest BCUT2D eigenvalue weighted by molar-refractivity contribution is 0.0941. The number of nitrogens with zero attached hydrogens (tertiary/aromatic N) is 4. The topological polar surface area (TPSA) is 64.7 Å². The highest BCUT2D eigenvalue weighted by atomic mass is 16.2. The highest BCUT2D eigenvalue weighted by molar-refractivity contribution is 5.92. The monoisotopic (exact) mass is 287 g/mol. The van der Waals surface area contributed by atoms with Crippen LogP contribution in [0.1, 0.15) is 47.7 Å². The van der Waals surface area contributed by atoms with Gasteiger partial charge in [-0.05, 0) is 32.8 Å². The van der Waals surface area contributed by atoms with Crippen molar-refractivity contribution in [3.8, 4) is 0 Å². The van der Waals surface area contributed by atoms with Crippen LogP contribution in [0.3, 0.4) is 0 Å². The van der Waals surface area contributed by atoms with E-state index in [1.807, 2.05) is 13.1 Å². The fourth-order valence-corrected chi connectivity index (χ4v) is 2.59. The van der Waals surface area contributed by atoms with Crippen molar-refractivity contribution in [2.75, 3.05) is 6.54 Å². The molecule has 1 amide bonds. The highest BCUT2D eigenvalue weighted by Crippen LogP contribution is 2.39. The van der Waals surface area contributed by atoms with E-state index in [0.717, 1.165) is 12.2 Å². The molecule has 0 unspecified atom stereocenters. The average molecular weight is 287 g/mol. The van der Waals surface area contributed by atoms with Crippen LogP contribution in [0.15, 0.2) is 18.5 Å². The number of hydrogen-bond acceptors (Lipinski definition) is 3. The Morgan fingerprint density at radius 1 is 1.48 bits per heavy atom. The summed E-state index contributed by atoms with van der Waals surface area (Å²) >= 11 is 0. The molecule has 1 aliphatic carbocycles. The summed E-state index contributed by atoms with van der Waals surface area (Å²) in [6.07, 6.45) is 6.04. The van der Waals surface area contributed by atoms with Crippen molar-refractivity contribution in [1.82, 2.24) is 24.6 Å². The highest BCUT2D eigenvalue weighted by Gasteiger charge is 2.28. The molecule has 0 atom stereocenters. The number of aromatic nitrogens is 4. The third-order valence-corrected chi connectivity index (χ3v) is 3.90.